The summed E-state index contributed by atoms with van der Waals surface area (Å²) in [5, 5.41) is 2.45. The van der Waals surface area contributed by atoms with Crippen molar-refractivity contribution < 1.29 is 23.4 Å². The van der Waals surface area contributed by atoms with Crippen molar-refractivity contribution >= 4 is 18.8 Å². The summed E-state index contributed by atoms with van der Waals surface area (Å²) in [6.45, 7) is 10.8. The molecule has 1 saturated carbocycles. The van der Waals surface area contributed by atoms with Gasteiger partial charge in [0.05, 0.1) is 8.15 Å². The zero-order valence-corrected chi connectivity index (χ0v) is 17.0. The summed E-state index contributed by atoms with van der Waals surface area (Å²) in [5.41, 5.74) is 2.60. The Hall–Kier alpha value is -1.22. The Balaban J connectivity index is 0.00000243. The summed E-state index contributed by atoms with van der Waals surface area (Å²) in [5.74, 6) is 1.28. The fourth-order valence-electron chi connectivity index (χ4n) is 3.40. The van der Waals surface area contributed by atoms with Crippen molar-refractivity contribution in [2.24, 2.45) is 11.8 Å². The van der Waals surface area contributed by atoms with Crippen molar-refractivity contribution in [2.75, 3.05) is 0 Å². The molecule has 0 saturated heterocycles. The van der Waals surface area contributed by atoms with E-state index in [0.29, 0.717) is 11.8 Å². The van der Waals surface area contributed by atoms with E-state index in [1.807, 2.05) is 18.7 Å². The number of hydrogen-bond donors (Lipinski definition) is 0. The van der Waals surface area contributed by atoms with E-state index in [4.69, 9.17) is 4.52 Å². The minimum atomic E-state index is -0.844. The maximum atomic E-state index is 6.26. The molecule has 1 fully saturated rings. The molecule has 1 nitrogen and oxygen atoms in total. The maximum Gasteiger partial charge on any atom is 1.00 e. The molecule has 2 aromatic carbocycles. The Labute approximate surface area is 171 Å². The fraction of sp³-hybridized carbons (Fsp3) is 0.261. The predicted molar refractivity (Wildman–Crippen MR) is 109 cm³/mol. The molecule has 0 radical (unpaired) electrons. The first-order valence-corrected chi connectivity index (χ1v) is 10.2. The third-order valence-corrected chi connectivity index (χ3v) is 6.62. The molecule has 1 aliphatic carbocycles. The Morgan fingerprint density at radius 2 is 1.54 bits per heavy atom. The van der Waals surface area contributed by atoms with Crippen LogP contribution in [0.5, 0.6) is 0 Å². The van der Waals surface area contributed by atoms with E-state index in [1.165, 1.54) is 28.2 Å². The van der Waals surface area contributed by atoms with Gasteiger partial charge in [0.2, 0.25) is 0 Å². The van der Waals surface area contributed by atoms with Crippen LogP contribution < -0.4 is 29.5 Å². The largest absolute Gasteiger partial charge is 1.00 e. The topological polar surface area (TPSA) is 9.23 Å². The summed E-state index contributed by atoms with van der Waals surface area (Å²) in [4.78, 5) is 0. The minimum absolute atomic E-state index is 0. The summed E-state index contributed by atoms with van der Waals surface area (Å²) in [6, 6.07) is 20.9. The molecule has 0 aromatic heterocycles. The molecule has 0 amide bonds. The maximum absolute atomic E-state index is 6.26. The predicted octanol–water partition coefficient (Wildman–Crippen LogP) is 2.77. The zero-order chi connectivity index (χ0) is 17.6. The molecule has 2 atom stereocenters. The first-order chi connectivity index (χ1) is 12.1. The van der Waals surface area contributed by atoms with Crippen LogP contribution in [0.1, 0.15) is 26.7 Å². The van der Waals surface area contributed by atoms with Gasteiger partial charge < -0.3 is 4.52 Å². The van der Waals surface area contributed by atoms with E-state index in [-0.39, 0.29) is 18.9 Å². The molecule has 130 valence electrons. The van der Waals surface area contributed by atoms with Crippen molar-refractivity contribution in [2.45, 2.75) is 26.7 Å². The molecule has 1 aliphatic rings. The monoisotopic (exact) mass is 356 g/mol. The van der Waals surface area contributed by atoms with E-state index in [2.05, 4.69) is 75.0 Å². The van der Waals surface area contributed by atoms with Crippen LogP contribution >= 0.6 is 8.15 Å². The van der Waals surface area contributed by atoms with Crippen molar-refractivity contribution in [3.05, 3.63) is 91.1 Å². The van der Waals surface area contributed by atoms with E-state index in [1.54, 1.807) is 0 Å². The molecule has 3 heteroatoms. The third-order valence-electron chi connectivity index (χ3n) is 4.75. The van der Waals surface area contributed by atoms with Crippen molar-refractivity contribution in [3.8, 4) is 0 Å². The molecule has 0 bridgehead atoms. The smallest absolute Gasteiger partial charge is 0.414 e. The second-order valence-electron chi connectivity index (χ2n) is 6.87. The standard InChI is InChI=1S/C23H26OP.Li/c1-18-16-19(2)20(3)21(17-18)14-15-24-25(22-10-6-4-7-11-22)23-12-8-5-9-13-23;/h4-15,18-19H,3,16-17H2,1-2H3;/q-1;+1/b21-14-;/t18-,19-;/m0./s1. The van der Waals surface area contributed by atoms with Gasteiger partial charge in [0, 0.05) is 10.6 Å². The molecule has 0 spiro atoms. The second kappa shape index (κ2) is 10.2. The SMILES string of the molecule is C=C1/C(=C\[CH-]OP(c2ccccc2)c2ccccc2)C[C@@H](C)C[C@@H]1C.[Li+]. The Bertz CT molecular complexity index is 687. The molecule has 0 N–H and O–H groups in total. The van der Waals surface area contributed by atoms with Gasteiger partial charge in [-0.25, -0.2) is 0 Å². The van der Waals surface area contributed by atoms with Gasteiger partial charge in [-0.1, -0.05) is 86.8 Å². The van der Waals surface area contributed by atoms with Crippen LogP contribution in [0.2, 0.25) is 0 Å². The van der Waals surface area contributed by atoms with Crippen LogP contribution in [0, 0.1) is 18.4 Å². The molecular formula is C23H26LiOP. The first kappa shape index (κ1) is 21.1. The van der Waals surface area contributed by atoms with Gasteiger partial charge in [0.15, 0.2) is 0 Å². The molecule has 2 aromatic rings. The van der Waals surface area contributed by atoms with Gasteiger partial charge in [-0.2, -0.15) is 11.6 Å². The van der Waals surface area contributed by atoms with E-state index in [9.17, 15) is 0 Å². The zero-order valence-electron chi connectivity index (χ0n) is 16.1. The van der Waals surface area contributed by atoms with Crippen LogP contribution in [0.25, 0.3) is 0 Å². The van der Waals surface area contributed by atoms with Crippen molar-refractivity contribution in [1.29, 1.82) is 0 Å². The van der Waals surface area contributed by atoms with Crippen LogP contribution in [0.4, 0.5) is 0 Å². The summed E-state index contributed by atoms with van der Waals surface area (Å²) in [7, 11) is -0.844. The van der Waals surface area contributed by atoms with Gasteiger partial charge in [0.25, 0.3) is 0 Å². The molecule has 3 rings (SSSR count). The van der Waals surface area contributed by atoms with Crippen LogP contribution in [0.3, 0.4) is 0 Å². The average molecular weight is 356 g/mol. The van der Waals surface area contributed by atoms with Crippen LogP contribution in [0.15, 0.2) is 84.5 Å². The number of rotatable bonds is 5. The van der Waals surface area contributed by atoms with Crippen molar-refractivity contribution in [1.82, 2.24) is 0 Å². The van der Waals surface area contributed by atoms with Gasteiger partial charge in [-0.05, 0) is 12.3 Å². The molecule has 0 unspecified atom stereocenters. The quantitative estimate of drug-likeness (QED) is 0.455. The molecule has 0 aliphatic heterocycles. The molecular weight excluding hydrogens is 330 g/mol. The van der Waals surface area contributed by atoms with Gasteiger partial charge in [-0.15, -0.1) is 18.8 Å². The van der Waals surface area contributed by atoms with E-state index < -0.39 is 8.15 Å². The van der Waals surface area contributed by atoms with E-state index in [0.717, 1.165) is 6.42 Å². The number of hydrogen-bond acceptors (Lipinski definition) is 1. The Kier molecular flexibility index (Phi) is 8.27. The summed E-state index contributed by atoms with van der Waals surface area (Å²) < 4.78 is 6.26. The Morgan fingerprint density at radius 3 is 2.08 bits per heavy atom. The molecule has 26 heavy (non-hydrogen) atoms. The van der Waals surface area contributed by atoms with Crippen LogP contribution in [-0.4, -0.2) is 0 Å². The molecule has 0 heterocycles. The fourth-order valence-corrected chi connectivity index (χ4v) is 5.01. The third kappa shape index (κ3) is 5.39. The van der Waals surface area contributed by atoms with Gasteiger partial charge in [0.1, 0.15) is 0 Å². The summed E-state index contributed by atoms with van der Waals surface area (Å²) >= 11 is 0. The minimum Gasteiger partial charge on any atom is -0.414 e. The van der Waals surface area contributed by atoms with Gasteiger partial charge >= 0.3 is 18.9 Å². The number of benzene rings is 2. The normalized spacial score (nSPS) is 21.5. The average Bonchev–Trinajstić information content (AvgIpc) is 2.64. The van der Waals surface area contributed by atoms with Crippen molar-refractivity contribution in [3.63, 3.8) is 0 Å². The van der Waals surface area contributed by atoms with Crippen LogP contribution in [-0.2, 0) is 4.52 Å². The first-order valence-electron chi connectivity index (χ1n) is 8.93. The summed E-state index contributed by atoms with van der Waals surface area (Å²) in [6.07, 6.45) is 4.46. The number of allylic oxidation sites excluding steroid dienone is 2. The second-order valence-corrected chi connectivity index (χ2v) is 8.70. The van der Waals surface area contributed by atoms with E-state index >= 15 is 0 Å². The van der Waals surface area contributed by atoms with Gasteiger partial charge in [-0.3, -0.25) is 0 Å². The Morgan fingerprint density at radius 1 is 1.00 bits per heavy atom.